The molecule has 0 aliphatic heterocycles. The van der Waals surface area contributed by atoms with E-state index in [0.717, 1.165) is 18.4 Å². The van der Waals surface area contributed by atoms with Gasteiger partial charge in [-0.25, -0.2) is 17.2 Å². The number of sulfone groups is 1. The van der Waals surface area contributed by atoms with Crippen molar-refractivity contribution < 1.29 is 21.6 Å². The Kier molecular flexibility index (Phi) is 4.55. The minimum Gasteiger partial charge on any atom is -0.455 e. The van der Waals surface area contributed by atoms with E-state index >= 15 is 0 Å². The molecule has 1 heterocycles. The largest absolute Gasteiger partial charge is 0.455 e. The van der Waals surface area contributed by atoms with E-state index in [1.807, 2.05) is 0 Å². The quantitative estimate of drug-likeness (QED) is 0.485. The molecule has 0 aliphatic rings. The van der Waals surface area contributed by atoms with Crippen molar-refractivity contribution in [2.75, 3.05) is 6.26 Å². The van der Waals surface area contributed by atoms with Crippen molar-refractivity contribution in [3.05, 3.63) is 88.6 Å². The molecule has 0 saturated carbocycles. The molecule has 146 valence electrons. The van der Waals surface area contributed by atoms with Crippen LogP contribution >= 0.6 is 0 Å². The van der Waals surface area contributed by atoms with Crippen LogP contribution in [0.4, 0.5) is 8.78 Å². The highest BCUT2D eigenvalue weighted by Crippen LogP contribution is 2.33. The number of hydrogen-bond donors (Lipinski definition) is 0. The predicted molar refractivity (Wildman–Crippen MR) is 106 cm³/mol. The molecule has 4 aromatic rings. The molecule has 3 aromatic carbocycles. The molecule has 0 unspecified atom stereocenters. The highest BCUT2D eigenvalue weighted by Gasteiger charge is 2.19. The fourth-order valence-electron chi connectivity index (χ4n) is 3.11. The Morgan fingerprint density at radius 1 is 0.828 bits per heavy atom. The maximum Gasteiger partial charge on any atom is 0.201 e. The van der Waals surface area contributed by atoms with Crippen LogP contribution in [0.3, 0.4) is 0 Å². The molecule has 0 atom stereocenters. The summed E-state index contributed by atoms with van der Waals surface area (Å²) in [6, 6.07) is 15.6. The van der Waals surface area contributed by atoms with Crippen molar-refractivity contribution in [3.8, 4) is 22.5 Å². The lowest BCUT2D eigenvalue weighted by Gasteiger charge is -2.11. The number of benzene rings is 3. The maximum atomic E-state index is 13.9. The van der Waals surface area contributed by atoms with Gasteiger partial charge in [0.1, 0.15) is 11.3 Å². The van der Waals surface area contributed by atoms with Crippen molar-refractivity contribution in [3.63, 3.8) is 0 Å². The standard InChI is InChI=1S/C22H14F2O4S/c1-29(26,27)15-9-6-13(7-10-15)22-20(14-8-11-17(23)18(24)12-14)21(25)16-4-2-3-5-19(16)28-22/h2-12H,1H3. The molecule has 0 N–H and O–H groups in total. The van der Waals surface area contributed by atoms with Crippen LogP contribution in [0.2, 0.25) is 0 Å². The molecule has 4 rings (SSSR count). The highest BCUT2D eigenvalue weighted by molar-refractivity contribution is 7.90. The van der Waals surface area contributed by atoms with E-state index in [1.165, 1.54) is 30.3 Å². The van der Waals surface area contributed by atoms with E-state index in [4.69, 9.17) is 4.42 Å². The predicted octanol–water partition coefficient (Wildman–Crippen LogP) is 4.81. The molecule has 0 radical (unpaired) electrons. The third-order valence-corrected chi connectivity index (χ3v) is 5.68. The second kappa shape index (κ2) is 6.93. The molecule has 1 aromatic heterocycles. The highest BCUT2D eigenvalue weighted by atomic mass is 32.2. The minimum absolute atomic E-state index is 0.0645. The second-order valence-corrected chi connectivity index (χ2v) is 8.57. The van der Waals surface area contributed by atoms with Gasteiger partial charge in [-0.15, -0.1) is 0 Å². The fourth-order valence-corrected chi connectivity index (χ4v) is 3.74. The Bertz CT molecular complexity index is 1410. The van der Waals surface area contributed by atoms with E-state index in [0.29, 0.717) is 16.5 Å². The van der Waals surface area contributed by atoms with Crippen molar-refractivity contribution >= 4 is 20.8 Å². The van der Waals surface area contributed by atoms with Crippen molar-refractivity contribution in [2.24, 2.45) is 0 Å². The molecular weight excluding hydrogens is 398 g/mol. The SMILES string of the molecule is CS(=O)(=O)c1ccc(-c2oc3ccccc3c(=O)c2-c2ccc(F)c(F)c2)cc1. The van der Waals surface area contributed by atoms with Crippen LogP contribution in [0.15, 0.2) is 80.8 Å². The average Bonchev–Trinajstić information content (AvgIpc) is 2.70. The zero-order valence-electron chi connectivity index (χ0n) is 15.1. The summed E-state index contributed by atoms with van der Waals surface area (Å²) < 4.78 is 56.6. The van der Waals surface area contributed by atoms with Crippen LogP contribution < -0.4 is 5.43 Å². The second-order valence-electron chi connectivity index (χ2n) is 6.56. The van der Waals surface area contributed by atoms with Crippen molar-refractivity contribution in [2.45, 2.75) is 4.90 Å². The summed E-state index contributed by atoms with van der Waals surface area (Å²) >= 11 is 0. The van der Waals surface area contributed by atoms with E-state index in [2.05, 4.69) is 0 Å². The van der Waals surface area contributed by atoms with Crippen LogP contribution in [-0.4, -0.2) is 14.7 Å². The number of para-hydroxylation sites is 1. The normalized spacial score (nSPS) is 11.7. The fraction of sp³-hybridized carbons (Fsp3) is 0.0455. The zero-order chi connectivity index (χ0) is 20.8. The van der Waals surface area contributed by atoms with Crippen LogP contribution in [0, 0.1) is 11.6 Å². The first kappa shape index (κ1) is 19.0. The van der Waals surface area contributed by atoms with Gasteiger partial charge in [-0.2, -0.15) is 0 Å². The monoisotopic (exact) mass is 412 g/mol. The first-order valence-corrected chi connectivity index (χ1v) is 10.5. The molecule has 0 saturated heterocycles. The molecular formula is C22H14F2O4S. The molecule has 0 bridgehead atoms. The lowest BCUT2D eigenvalue weighted by atomic mass is 9.98. The van der Waals surface area contributed by atoms with Gasteiger partial charge in [-0.3, -0.25) is 4.79 Å². The number of rotatable bonds is 3. The minimum atomic E-state index is -3.40. The summed E-state index contributed by atoms with van der Waals surface area (Å²) in [6.07, 6.45) is 1.09. The summed E-state index contributed by atoms with van der Waals surface area (Å²) in [5, 5.41) is 0.295. The van der Waals surface area contributed by atoms with Gasteiger partial charge >= 0.3 is 0 Å². The Labute approximate surface area is 165 Å². The van der Waals surface area contributed by atoms with Gasteiger partial charge in [0.25, 0.3) is 0 Å². The first-order valence-electron chi connectivity index (χ1n) is 8.57. The molecule has 0 aliphatic carbocycles. The smallest absolute Gasteiger partial charge is 0.201 e. The Morgan fingerprint density at radius 3 is 2.14 bits per heavy atom. The van der Waals surface area contributed by atoms with E-state index in [-0.39, 0.29) is 21.8 Å². The van der Waals surface area contributed by atoms with Gasteiger partial charge in [0.15, 0.2) is 21.5 Å². The van der Waals surface area contributed by atoms with Gasteiger partial charge in [-0.1, -0.05) is 18.2 Å². The van der Waals surface area contributed by atoms with Crippen LogP contribution in [0.5, 0.6) is 0 Å². The van der Waals surface area contributed by atoms with E-state index in [9.17, 15) is 22.0 Å². The third-order valence-electron chi connectivity index (χ3n) is 4.55. The van der Waals surface area contributed by atoms with Crippen LogP contribution in [0.1, 0.15) is 0 Å². The van der Waals surface area contributed by atoms with Gasteiger partial charge in [-0.05, 0) is 54.1 Å². The average molecular weight is 412 g/mol. The molecule has 0 fully saturated rings. The lowest BCUT2D eigenvalue weighted by molar-refractivity contribution is 0.509. The van der Waals surface area contributed by atoms with E-state index < -0.39 is 26.9 Å². The summed E-state index contributed by atoms with van der Waals surface area (Å²) in [6.45, 7) is 0. The summed E-state index contributed by atoms with van der Waals surface area (Å²) in [5.74, 6) is -1.98. The topological polar surface area (TPSA) is 64.3 Å². The first-order chi connectivity index (χ1) is 13.8. The van der Waals surface area contributed by atoms with Crippen molar-refractivity contribution in [1.82, 2.24) is 0 Å². The van der Waals surface area contributed by atoms with Crippen LogP contribution in [0.25, 0.3) is 33.4 Å². The number of halogens is 2. The summed E-state index contributed by atoms with van der Waals surface area (Å²) in [7, 11) is -3.40. The lowest BCUT2D eigenvalue weighted by Crippen LogP contribution is -2.08. The molecule has 29 heavy (non-hydrogen) atoms. The Balaban J connectivity index is 2.04. The molecule has 4 nitrogen and oxygen atoms in total. The van der Waals surface area contributed by atoms with Crippen molar-refractivity contribution in [1.29, 1.82) is 0 Å². The van der Waals surface area contributed by atoms with Gasteiger partial charge in [0.2, 0.25) is 5.43 Å². The van der Waals surface area contributed by atoms with Crippen LogP contribution in [-0.2, 0) is 9.84 Å². The maximum absolute atomic E-state index is 13.9. The zero-order valence-corrected chi connectivity index (χ0v) is 16.0. The summed E-state index contributed by atoms with van der Waals surface area (Å²) in [4.78, 5) is 13.3. The van der Waals surface area contributed by atoms with Gasteiger partial charge in [0, 0.05) is 11.8 Å². The molecule has 0 spiro atoms. The third kappa shape index (κ3) is 3.45. The number of hydrogen-bond acceptors (Lipinski definition) is 4. The molecule has 7 heteroatoms. The number of fused-ring (bicyclic) bond motifs is 1. The van der Waals surface area contributed by atoms with Gasteiger partial charge in [0.05, 0.1) is 15.8 Å². The Morgan fingerprint density at radius 2 is 1.48 bits per heavy atom. The Hall–Kier alpha value is -3.32. The van der Waals surface area contributed by atoms with E-state index in [1.54, 1.807) is 24.3 Å². The van der Waals surface area contributed by atoms with Gasteiger partial charge < -0.3 is 4.42 Å². The summed E-state index contributed by atoms with van der Waals surface area (Å²) in [5.41, 5.74) is 0.575. The molecule has 0 amide bonds.